The predicted molar refractivity (Wildman–Crippen MR) is 107 cm³/mol. The average molecular weight is 887 g/mol. The fourth-order valence-corrected chi connectivity index (χ4v) is 4.15. The molecule has 33 heavy (non-hydrogen) atoms. The van der Waals surface area contributed by atoms with Gasteiger partial charge in [-0.15, -0.1) is 0 Å². The first kappa shape index (κ1) is 39.3. The molecule has 0 aromatic rings. The molecule has 1 rings (SSSR count). The van der Waals surface area contributed by atoms with E-state index >= 15 is 0 Å². The molecule has 0 amide bonds. The van der Waals surface area contributed by atoms with Gasteiger partial charge in [-0.3, -0.25) is 0 Å². The molecule has 4 nitrogen and oxygen atoms in total. The fourth-order valence-electron chi connectivity index (χ4n) is 1.32. The molecule has 0 atom stereocenters. The zero-order valence-corrected chi connectivity index (χ0v) is 26.0. The average Bonchev–Trinajstić information content (AvgIpc) is 2.49. The van der Waals surface area contributed by atoms with E-state index in [-0.39, 0.29) is 27.3 Å². The molecule has 2 radical (unpaired) electrons. The molecule has 206 valence electrons. The van der Waals surface area contributed by atoms with E-state index in [1.165, 1.54) is 21.3 Å². The molecule has 0 aliphatic carbocycles. The molecular weight excluding hydrogens is 863 g/mol. The summed E-state index contributed by atoms with van der Waals surface area (Å²) in [4.78, 5) is 0. The van der Waals surface area contributed by atoms with E-state index in [1.54, 1.807) is 0 Å². The van der Waals surface area contributed by atoms with Gasteiger partial charge in [0.05, 0.1) is 0 Å². The van der Waals surface area contributed by atoms with Crippen LogP contribution in [0, 0.1) is 0 Å². The van der Waals surface area contributed by atoms with Gasteiger partial charge in [-0.05, 0) is 0 Å². The molecule has 1 fully saturated rings. The Labute approximate surface area is 215 Å². The van der Waals surface area contributed by atoms with Gasteiger partial charge in [0.25, 0.3) is 0 Å². The first-order valence-corrected chi connectivity index (χ1v) is 17.4. The van der Waals surface area contributed by atoms with Crippen LogP contribution in [0.15, 0.2) is 0 Å². The minimum absolute atomic E-state index is 0. The maximum Gasteiger partial charge on any atom is 2.00 e. The van der Waals surface area contributed by atoms with E-state index in [2.05, 4.69) is 0 Å². The first-order valence-electron chi connectivity index (χ1n) is 8.49. The van der Waals surface area contributed by atoms with Crippen molar-refractivity contribution in [3.05, 3.63) is 0 Å². The summed E-state index contributed by atoms with van der Waals surface area (Å²) in [6.07, 6.45) is 0. The topological polar surface area (TPSA) is 36.9 Å². The van der Waals surface area contributed by atoms with Crippen molar-refractivity contribution < 1.29 is 69.3 Å². The van der Waals surface area contributed by atoms with Crippen molar-refractivity contribution in [2.45, 2.75) is 21.3 Å². The monoisotopic (exact) mass is 890 g/mol. The SMILES string of the molecule is C1COCC[Se]CCOCCOCC[Se]CCO1.F[P-](F)(F)(F)(F)F.F[P-](F)(F)(F)(F)F.[Pb+2]. The molecule has 0 spiro atoms. The van der Waals surface area contributed by atoms with Crippen LogP contribution in [0.3, 0.4) is 0 Å². The van der Waals surface area contributed by atoms with Crippen molar-refractivity contribution in [3.63, 3.8) is 0 Å². The second kappa shape index (κ2) is 14.7. The Balaban J connectivity index is -0.000000498. The van der Waals surface area contributed by atoms with Crippen molar-refractivity contribution in [3.8, 4) is 0 Å². The largest absolute Gasteiger partial charge is 2.00 e. The summed E-state index contributed by atoms with van der Waals surface area (Å²) in [6, 6.07) is 0. The molecule has 0 aromatic carbocycles. The second-order valence-corrected chi connectivity index (χ2v) is 14.6. The zero-order chi connectivity index (χ0) is 25.5. The second-order valence-electron chi connectivity index (χ2n) is 5.59. The number of hydrogen-bond donors (Lipinski definition) is 0. The van der Waals surface area contributed by atoms with Crippen LogP contribution in [0.25, 0.3) is 0 Å². The van der Waals surface area contributed by atoms with Gasteiger partial charge in [0.2, 0.25) is 0 Å². The summed E-state index contributed by atoms with van der Waals surface area (Å²) in [5, 5.41) is 4.71. The third-order valence-electron chi connectivity index (χ3n) is 2.23. The van der Waals surface area contributed by atoms with Gasteiger partial charge in [0, 0.05) is 0 Å². The molecule has 1 saturated heterocycles. The van der Waals surface area contributed by atoms with Crippen LogP contribution in [0.5, 0.6) is 0 Å². The summed E-state index contributed by atoms with van der Waals surface area (Å²) >= 11 is 1.30. The third-order valence-corrected chi connectivity index (χ3v) is 6.05. The molecule has 1 aliphatic heterocycles. The Hall–Kier alpha value is 1.82. The van der Waals surface area contributed by atoms with E-state index < -0.39 is 15.6 Å². The van der Waals surface area contributed by atoms with Crippen molar-refractivity contribution in [1.82, 2.24) is 0 Å². The standard InChI is InChI=1S/C12H24O4Se2.2F6P.Pb/c1-2-14-6-10-18-12-8-16-4-3-15-7-11-17-9-5-13-1;2*1-7(2,3,4,5)6;/h1-12H2;;;/q;2*-1;+2. The van der Waals surface area contributed by atoms with Gasteiger partial charge in [-0.1, -0.05) is 0 Å². The number of halogens is 12. The number of ether oxygens (including phenoxy) is 4. The van der Waals surface area contributed by atoms with Crippen LogP contribution in [0.1, 0.15) is 0 Å². The summed E-state index contributed by atoms with van der Waals surface area (Å²) in [5.41, 5.74) is 0. The van der Waals surface area contributed by atoms with E-state index in [1.807, 2.05) is 0 Å². The van der Waals surface area contributed by atoms with Gasteiger partial charge in [-0.25, -0.2) is 0 Å². The minimum atomic E-state index is -10.7. The Morgan fingerprint density at radius 2 is 0.515 bits per heavy atom. The van der Waals surface area contributed by atoms with E-state index in [0.717, 1.165) is 52.9 Å². The van der Waals surface area contributed by atoms with Gasteiger partial charge in [0.15, 0.2) is 0 Å². The Morgan fingerprint density at radius 3 is 0.667 bits per heavy atom. The van der Waals surface area contributed by atoms with Crippen molar-refractivity contribution in [2.24, 2.45) is 0 Å². The molecule has 0 unspecified atom stereocenters. The van der Waals surface area contributed by atoms with E-state index in [0.29, 0.717) is 29.9 Å². The van der Waals surface area contributed by atoms with Gasteiger partial charge in [0.1, 0.15) is 0 Å². The van der Waals surface area contributed by atoms with E-state index in [4.69, 9.17) is 18.9 Å². The summed E-state index contributed by atoms with van der Waals surface area (Å²) in [7, 11) is -21.3. The quantitative estimate of drug-likeness (QED) is 0.143. The summed E-state index contributed by atoms with van der Waals surface area (Å²) < 4.78 is 140. The van der Waals surface area contributed by atoms with Gasteiger partial charge >= 0.3 is 216 Å². The van der Waals surface area contributed by atoms with Crippen LogP contribution in [-0.2, 0) is 18.9 Å². The molecule has 0 bridgehead atoms. The summed E-state index contributed by atoms with van der Waals surface area (Å²) in [5.74, 6) is 0. The molecule has 0 aromatic heterocycles. The van der Waals surface area contributed by atoms with Crippen LogP contribution >= 0.6 is 15.6 Å². The van der Waals surface area contributed by atoms with E-state index in [9.17, 15) is 50.4 Å². The maximum atomic E-state index is 9.87. The molecular formula is C12H24F12O4P2PbSe2. The van der Waals surface area contributed by atoms with Crippen LogP contribution in [-0.4, -0.2) is 110 Å². The number of rotatable bonds is 0. The van der Waals surface area contributed by atoms with Crippen molar-refractivity contribution >= 4 is 72.8 Å². The Bertz CT molecular complexity index is 382. The maximum absolute atomic E-state index is 10.7. The van der Waals surface area contributed by atoms with Crippen molar-refractivity contribution in [2.75, 3.05) is 52.9 Å². The van der Waals surface area contributed by atoms with Gasteiger partial charge < -0.3 is 0 Å². The predicted octanol–water partition coefficient (Wildman–Crippen LogP) is 7.53. The van der Waals surface area contributed by atoms with Crippen LogP contribution < -0.4 is 0 Å². The molecule has 0 N–H and O–H groups in total. The smallest absolute Gasteiger partial charge is 2.00 e. The fraction of sp³-hybridized carbons (Fsp3) is 1.00. The molecule has 21 heteroatoms. The first-order chi connectivity index (χ1) is 13.9. The Morgan fingerprint density at radius 1 is 0.364 bits per heavy atom. The molecule has 1 heterocycles. The van der Waals surface area contributed by atoms with Crippen LogP contribution in [0.4, 0.5) is 50.4 Å². The zero-order valence-electron chi connectivity index (χ0n) is 16.9. The van der Waals surface area contributed by atoms with Crippen LogP contribution in [0.2, 0.25) is 21.3 Å². The normalized spacial score (nSPS) is 22.9. The number of hydrogen-bond acceptors (Lipinski definition) is 4. The summed E-state index contributed by atoms with van der Waals surface area (Å²) in [6.45, 7) is 6.44. The van der Waals surface area contributed by atoms with Crippen molar-refractivity contribution in [1.29, 1.82) is 0 Å². The molecule has 1 aliphatic rings. The van der Waals surface area contributed by atoms with Gasteiger partial charge in [-0.2, -0.15) is 0 Å². The Kier molecular flexibility index (Phi) is 17.5. The minimum Gasteiger partial charge on any atom is 2.00 e. The third kappa shape index (κ3) is 87.2. The molecule has 0 saturated carbocycles.